The number of halogens is 15. The van der Waals surface area contributed by atoms with E-state index < -0.39 is 98.8 Å². The Morgan fingerprint density at radius 2 is 0.589 bits per heavy atom. The molecule has 12 heterocycles. The van der Waals surface area contributed by atoms with Gasteiger partial charge in [0.25, 0.3) is 16.7 Å². The third-order valence-corrected chi connectivity index (χ3v) is 28.0. The number of carbonyl (C=O) groups excluding carboxylic acids is 3. The highest BCUT2D eigenvalue weighted by Crippen LogP contribution is 2.51. The van der Waals surface area contributed by atoms with E-state index in [2.05, 4.69) is 52.9 Å². The average molecular weight is 2100 g/mol. The van der Waals surface area contributed by atoms with E-state index in [0.29, 0.717) is 67.0 Å². The first-order valence-corrected chi connectivity index (χ1v) is 47.3. The number of anilines is 6. The summed E-state index contributed by atoms with van der Waals surface area (Å²) in [6.45, 7) is 40.3. The smallest absolute Gasteiger partial charge is 0.276 e. The molecule has 6 atom stereocenters. The Morgan fingerprint density at radius 1 is 0.383 bits per heavy atom. The van der Waals surface area contributed by atoms with Crippen LogP contribution in [0, 0.1) is 89.7 Å². The number of aryl methyl sites for hydroxylation is 3. The maximum atomic E-state index is 14.9. The minimum atomic E-state index is -1.45. The Hall–Kier alpha value is -12.7. The van der Waals surface area contributed by atoms with Crippen LogP contribution in [-0.2, 0) is 14.4 Å². The van der Waals surface area contributed by atoms with Gasteiger partial charge in [0.2, 0.25) is 17.7 Å². The summed E-state index contributed by atoms with van der Waals surface area (Å²) in [5, 5.41) is 28.0. The number of nitriles is 3. The second-order valence-electron chi connectivity index (χ2n) is 35.3. The van der Waals surface area contributed by atoms with Crippen LogP contribution in [0.2, 0.25) is 45.2 Å². The van der Waals surface area contributed by atoms with Crippen molar-refractivity contribution in [1.29, 1.82) is 15.8 Å². The highest BCUT2D eigenvalue weighted by atomic mass is 35.5. The third-order valence-electron chi connectivity index (χ3n) is 25.0. The normalized spacial score (nSPS) is 16.6. The van der Waals surface area contributed by atoms with E-state index in [1.165, 1.54) is 50.1 Å². The monoisotopic (exact) mass is 2100 g/mol. The summed E-state index contributed by atoms with van der Waals surface area (Å²) in [5.41, 5.74) is 19.0. The van der Waals surface area contributed by atoms with Crippen molar-refractivity contribution in [3.05, 3.63) is 255 Å². The van der Waals surface area contributed by atoms with Gasteiger partial charge in [-0.2, -0.15) is 15.8 Å². The van der Waals surface area contributed by atoms with E-state index in [1.807, 2.05) is 97.8 Å². The number of carbonyl (C=O) groups is 3. The number of piperazine rings is 3. The van der Waals surface area contributed by atoms with Crippen molar-refractivity contribution in [3.63, 3.8) is 0 Å². The van der Waals surface area contributed by atoms with Gasteiger partial charge in [-0.15, -0.1) is 0 Å². The highest BCUT2D eigenvalue weighted by molar-refractivity contribution is 6.42. The van der Waals surface area contributed by atoms with Gasteiger partial charge < -0.3 is 46.6 Å². The molecule has 141 heavy (non-hydrogen) atoms. The van der Waals surface area contributed by atoms with Crippen LogP contribution in [-0.4, -0.2) is 152 Å². The van der Waals surface area contributed by atoms with Crippen LogP contribution in [0.3, 0.4) is 0 Å². The maximum absolute atomic E-state index is 14.9. The van der Waals surface area contributed by atoms with E-state index in [1.54, 1.807) is 72.3 Å². The zero-order valence-electron chi connectivity index (χ0n) is 78.4. The van der Waals surface area contributed by atoms with Gasteiger partial charge in [-0.25, -0.2) is 41.3 Å². The van der Waals surface area contributed by atoms with Gasteiger partial charge in [-0.3, -0.25) is 57.4 Å². The summed E-state index contributed by atoms with van der Waals surface area (Å²) in [6.07, 6.45) is 8.59. The lowest BCUT2D eigenvalue weighted by Crippen LogP contribution is -2.58. The lowest BCUT2D eigenvalue weighted by atomic mass is 10.0. The molecule has 12 aromatic rings. The molecule has 3 aromatic carbocycles. The summed E-state index contributed by atoms with van der Waals surface area (Å²) in [7, 11) is 0. The lowest BCUT2D eigenvalue weighted by Gasteiger charge is -2.45. The predicted molar refractivity (Wildman–Crippen MR) is 545 cm³/mol. The molecule has 0 radical (unpaired) electrons. The maximum Gasteiger partial charge on any atom is 0.276 e. The standard InChI is InChI=1S/3C33H30Cl3F2N7O2/c3*1-7-21(46)44-16(5)12-43(13-17(44)6)31-18-10-20(34)29(22-23(35)25(37)26(38)24(36)27(22)40)42-32(18)45(33(47)19(31)11-39)30-15(4)8-9-41-28(30)14(2)3/h3*7-10,14,16-17H,1,12-13,40H2,2-6H3/t3*16-,17+. The van der Waals surface area contributed by atoms with Crippen molar-refractivity contribution in [2.75, 3.05) is 71.2 Å². The van der Waals surface area contributed by atoms with Gasteiger partial charge in [-0.1, -0.05) is 166 Å². The Bertz CT molecular complexity index is 6860. The highest BCUT2D eigenvalue weighted by Gasteiger charge is 2.42. The molecule has 732 valence electrons. The van der Waals surface area contributed by atoms with E-state index in [9.17, 15) is 70.9 Å². The zero-order chi connectivity index (χ0) is 104. The van der Waals surface area contributed by atoms with E-state index in [-0.39, 0.29) is 211 Å². The predicted octanol–water partition coefficient (Wildman–Crippen LogP) is 21.6. The van der Waals surface area contributed by atoms with Gasteiger partial charge in [0.05, 0.1) is 115 Å². The van der Waals surface area contributed by atoms with Gasteiger partial charge in [0.15, 0.2) is 34.9 Å². The number of aromatic nitrogens is 9. The Balaban J connectivity index is 0.000000178. The lowest BCUT2D eigenvalue weighted by molar-refractivity contribution is -0.131. The van der Waals surface area contributed by atoms with Crippen LogP contribution >= 0.6 is 104 Å². The minimum Gasteiger partial charge on any atom is -0.397 e. The van der Waals surface area contributed by atoms with E-state index in [4.69, 9.17) is 137 Å². The molecule has 3 amide bonds. The average Bonchev–Trinajstić information content (AvgIpc) is 0.725. The van der Waals surface area contributed by atoms with Crippen molar-refractivity contribution in [2.45, 2.75) is 158 Å². The molecule has 0 saturated carbocycles. The molecule has 15 rings (SSSR count). The molecule has 42 heteroatoms. The first-order valence-electron chi connectivity index (χ1n) is 43.9. The Morgan fingerprint density at radius 3 is 0.780 bits per heavy atom. The second-order valence-corrected chi connectivity index (χ2v) is 38.8. The van der Waals surface area contributed by atoms with Gasteiger partial charge in [-0.05, 0) is 151 Å². The summed E-state index contributed by atoms with van der Waals surface area (Å²) in [5.74, 6) is -9.84. The van der Waals surface area contributed by atoms with Crippen LogP contribution in [0.4, 0.5) is 60.5 Å². The van der Waals surface area contributed by atoms with Crippen LogP contribution < -0.4 is 48.6 Å². The van der Waals surface area contributed by atoms with Crippen molar-refractivity contribution >= 4 is 189 Å². The number of rotatable bonds is 15. The van der Waals surface area contributed by atoms with Crippen LogP contribution in [0.15, 0.2) is 107 Å². The van der Waals surface area contributed by atoms with Crippen molar-refractivity contribution in [3.8, 4) is 69.0 Å². The fraction of sp³-hybridized carbons (Fsp3) is 0.303. The summed E-state index contributed by atoms with van der Waals surface area (Å²) >= 11 is 57.4. The van der Waals surface area contributed by atoms with Gasteiger partial charge in [0, 0.05) is 127 Å². The number of benzene rings is 3. The summed E-state index contributed by atoms with van der Waals surface area (Å²) < 4.78 is 92.0. The molecule has 0 unspecified atom stereocenters. The van der Waals surface area contributed by atoms with Gasteiger partial charge in [0.1, 0.15) is 66.9 Å². The first-order chi connectivity index (χ1) is 66.5. The largest absolute Gasteiger partial charge is 0.397 e. The molecule has 3 saturated heterocycles. The van der Waals surface area contributed by atoms with Crippen molar-refractivity contribution < 1.29 is 40.7 Å². The number of nitrogens with zero attached hydrogens (tertiary/aromatic N) is 18. The number of pyridine rings is 9. The van der Waals surface area contributed by atoms with Crippen molar-refractivity contribution in [2.24, 2.45) is 0 Å². The van der Waals surface area contributed by atoms with Gasteiger partial charge >= 0.3 is 0 Å². The number of hydrogen-bond donors (Lipinski definition) is 3. The van der Waals surface area contributed by atoms with E-state index >= 15 is 0 Å². The molecule has 27 nitrogen and oxygen atoms in total. The second kappa shape index (κ2) is 41.5. The van der Waals surface area contributed by atoms with Crippen molar-refractivity contribution in [1.82, 2.24) is 58.3 Å². The molecule has 6 N–H and O–H groups in total. The minimum absolute atomic E-state index is 0.0302. The number of nitrogens with two attached hydrogens (primary N) is 3. The molecule has 3 fully saturated rings. The molecule has 0 bridgehead atoms. The number of hydrogen-bond acceptors (Lipinski definition) is 21. The van der Waals surface area contributed by atoms with Crippen LogP contribution in [0.1, 0.15) is 151 Å². The SMILES string of the molecule is C=CC(=O)N1[C@H](C)CN(c2c(C#N)c(=O)n(-c3c(C)ccnc3C(C)C)c3nc(-c4c(N)c(Cl)c(F)c(F)c4Cl)c(Cl)cc23)C[C@@H]1C.C=CC(=O)N1[C@H](C)CN(c2c(C#N)c(=O)n(-c3c(C)ccnc3C(C)C)c3nc(-c4c(N)c(Cl)c(F)c(F)c4Cl)c(Cl)cc23)C[C@@H]1C.C=CC(=O)N1[C@H](C)CN(c2c(C#N)c(=O)n(-c3c(C)ccnc3C(C)C)c3nc(-c4c(N)c(Cl)c(F)c(F)c4Cl)c(Cl)cc23)C[C@@H]1C. The number of nitrogen functional groups attached to an aromatic ring is 3. The fourth-order valence-corrected chi connectivity index (χ4v) is 21.0. The number of amides is 3. The Labute approximate surface area is 850 Å². The molecular formula is C99H90Cl9F6N21O6. The Kier molecular flexibility index (Phi) is 31.0. The molecule has 9 aromatic heterocycles. The topological polar surface area (TPSA) is 363 Å². The molecule has 0 aliphatic carbocycles. The first kappa shape index (κ1) is 106. The fourth-order valence-electron chi connectivity index (χ4n) is 18.9. The van der Waals surface area contributed by atoms with Crippen LogP contribution in [0.25, 0.3) is 83.9 Å². The molecule has 3 aliphatic heterocycles. The zero-order valence-corrected chi connectivity index (χ0v) is 85.2. The third kappa shape index (κ3) is 18.4. The summed E-state index contributed by atoms with van der Waals surface area (Å²) in [4.78, 5) is 120. The molecule has 3 aliphatic rings. The molecular weight excluding hydrogens is 2010 g/mol. The van der Waals surface area contributed by atoms with Crippen LogP contribution in [0.5, 0.6) is 0 Å². The number of fused-ring (bicyclic) bond motifs is 3. The quantitative estimate of drug-likeness (QED) is 0.0282. The van der Waals surface area contributed by atoms with E-state index in [0.717, 1.165) is 0 Å². The summed E-state index contributed by atoms with van der Waals surface area (Å²) in [6, 6.07) is 13.9. The molecule has 0 spiro atoms.